The first-order chi connectivity index (χ1) is 9.38. The van der Waals surface area contributed by atoms with Crippen LogP contribution in [0.1, 0.15) is 23.3 Å². The smallest absolute Gasteiger partial charge is 0.352 e. The largest absolute Gasteiger partial charge is 0.477 e. The van der Waals surface area contributed by atoms with Crippen LogP contribution in [0, 0.1) is 5.92 Å². The molecule has 7 nitrogen and oxygen atoms in total. The average molecular weight is 301 g/mol. The maximum absolute atomic E-state index is 12.1. The number of piperidine rings is 1. The van der Waals surface area contributed by atoms with E-state index in [1.165, 1.54) is 6.20 Å². The zero-order valence-electron chi connectivity index (χ0n) is 11.3. The second kappa shape index (κ2) is 5.94. The molecule has 1 aromatic rings. The van der Waals surface area contributed by atoms with Gasteiger partial charge in [0.25, 0.3) is 0 Å². The van der Waals surface area contributed by atoms with Crippen molar-refractivity contribution in [1.82, 2.24) is 14.6 Å². The molecule has 1 unspecified atom stereocenters. The molecule has 0 aliphatic carbocycles. The van der Waals surface area contributed by atoms with Gasteiger partial charge in [0.1, 0.15) is 10.6 Å². The number of aromatic carboxylic acids is 1. The molecule has 1 aliphatic rings. The molecule has 1 aliphatic heterocycles. The Hall–Kier alpha value is -1.38. The first kappa shape index (κ1) is 15.0. The summed E-state index contributed by atoms with van der Waals surface area (Å²) in [5.41, 5.74) is -0.136. The molecule has 0 spiro atoms. The molecule has 1 aromatic heterocycles. The van der Waals surface area contributed by atoms with Crippen LogP contribution >= 0.6 is 0 Å². The van der Waals surface area contributed by atoms with Crippen molar-refractivity contribution >= 4 is 16.0 Å². The number of sulfonamides is 1. The first-order valence-corrected chi connectivity index (χ1v) is 7.97. The lowest BCUT2D eigenvalue weighted by atomic mass is 9.99. The molecule has 8 heteroatoms. The molecule has 1 saturated heterocycles. The number of aromatic nitrogens is 1. The molecule has 0 radical (unpaired) electrons. The van der Waals surface area contributed by atoms with Gasteiger partial charge in [0.05, 0.1) is 0 Å². The fraction of sp³-hybridized carbons (Fsp3) is 0.583. The van der Waals surface area contributed by atoms with Gasteiger partial charge in [-0.05, 0) is 38.4 Å². The van der Waals surface area contributed by atoms with Crippen molar-refractivity contribution in [3.63, 3.8) is 0 Å². The van der Waals surface area contributed by atoms with Crippen LogP contribution in [0.5, 0.6) is 0 Å². The van der Waals surface area contributed by atoms with Gasteiger partial charge >= 0.3 is 5.97 Å². The third-order valence-electron chi connectivity index (χ3n) is 3.48. The number of carboxylic acids is 1. The van der Waals surface area contributed by atoms with Crippen LogP contribution in [0.4, 0.5) is 0 Å². The second-order valence-electron chi connectivity index (χ2n) is 5.18. The van der Waals surface area contributed by atoms with E-state index in [0.29, 0.717) is 12.5 Å². The van der Waals surface area contributed by atoms with Crippen molar-refractivity contribution in [3.8, 4) is 0 Å². The number of carboxylic acid groups (broad SMARTS) is 1. The number of hydrogen-bond donors (Lipinski definition) is 3. The van der Waals surface area contributed by atoms with Crippen LogP contribution in [0.15, 0.2) is 17.2 Å². The van der Waals surface area contributed by atoms with Crippen molar-refractivity contribution in [2.24, 2.45) is 5.92 Å². The van der Waals surface area contributed by atoms with Crippen molar-refractivity contribution in [2.45, 2.75) is 17.7 Å². The molecule has 3 N–H and O–H groups in total. The average Bonchev–Trinajstić information content (AvgIpc) is 2.87. The molecule has 2 rings (SSSR count). The van der Waals surface area contributed by atoms with E-state index in [9.17, 15) is 13.2 Å². The minimum Gasteiger partial charge on any atom is -0.477 e. The molecule has 1 fully saturated rings. The van der Waals surface area contributed by atoms with E-state index in [1.54, 1.807) is 0 Å². The second-order valence-corrected chi connectivity index (χ2v) is 6.94. The van der Waals surface area contributed by atoms with Crippen LogP contribution in [-0.4, -0.2) is 56.1 Å². The monoisotopic (exact) mass is 301 g/mol. The van der Waals surface area contributed by atoms with Crippen LogP contribution < -0.4 is 4.72 Å². The number of nitrogens with zero attached hydrogens (tertiary/aromatic N) is 1. The predicted octanol–water partition coefficient (Wildman–Crippen LogP) is 0.333. The number of nitrogens with one attached hydrogen (secondary N) is 2. The number of carbonyl (C=O) groups is 1. The Morgan fingerprint density at radius 1 is 1.60 bits per heavy atom. The lowest BCUT2D eigenvalue weighted by molar-refractivity contribution is 0.0691. The van der Waals surface area contributed by atoms with Crippen LogP contribution in [0.2, 0.25) is 0 Å². The summed E-state index contributed by atoms with van der Waals surface area (Å²) in [4.78, 5) is 15.3. The van der Waals surface area contributed by atoms with Crippen molar-refractivity contribution in [2.75, 3.05) is 26.7 Å². The van der Waals surface area contributed by atoms with Gasteiger partial charge in [-0.2, -0.15) is 0 Å². The standard InChI is InChI=1S/C12H19N3O4S/c1-15-4-2-3-9(8-15)6-14-20(18,19)10-5-11(12(16)17)13-7-10/h5,7,9,13-14H,2-4,6,8H2,1H3,(H,16,17). The first-order valence-electron chi connectivity index (χ1n) is 6.48. The van der Waals surface area contributed by atoms with Crippen LogP contribution in [0.25, 0.3) is 0 Å². The van der Waals surface area contributed by atoms with Gasteiger partial charge in [-0.3, -0.25) is 0 Å². The Kier molecular flexibility index (Phi) is 4.46. The fourth-order valence-electron chi connectivity index (χ4n) is 2.40. The minimum atomic E-state index is -3.65. The lowest BCUT2D eigenvalue weighted by Crippen LogP contribution is -2.39. The Balaban J connectivity index is 1.98. The van der Waals surface area contributed by atoms with Crippen molar-refractivity contribution in [3.05, 3.63) is 18.0 Å². The van der Waals surface area contributed by atoms with Gasteiger partial charge in [-0.25, -0.2) is 17.9 Å². The number of H-pyrrole nitrogens is 1. The van der Waals surface area contributed by atoms with E-state index < -0.39 is 16.0 Å². The summed E-state index contributed by atoms with van der Waals surface area (Å²) in [6, 6.07) is 1.12. The predicted molar refractivity (Wildman–Crippen MR) is 73.2 cm³/mol. The van der Waals surface area contributed by atoms with Gasteiger partial charge in [-0.15, -0.1) is 0 Å². The summed E-state index contributed by atoms with van der Waals surface area (Å²) in [5, 5.41) is 8.77. The minimum absolute atomic E-state index is 0.0425. The van der Waals surface area contributed by atoms with Crippen LogP contribution in [-0.2, 0) is 10.0 Å². The van der Waals surface area contributed by atoms with E-state index in [0.717, 1.165) is 32.0 Å². The van der Waals surface area contributed by atoms with Gasteiger partial charge < -0.3 is 15.0 Å². The maximum Gasteiger partial charge on any atom is 0.352 e. The Bertz CT molecular complexity index is 581. The normalized spacial score (nSPS) is 20.9. The van der Waals surface area contributed by atoms with Gasteiger partial charge in [0, 0.05) is 19.3 Å². The SMILES string of the molecule is CN1CCCC(CNS(=O)(=O)c2c[nH]c(C(=O)O)c2)C1. The van der Waals surface area contributed by atoms with E-state index >= 15 is 0 Å². The summed E-state index contributed by atoms with van der Waals surface area (Å²) < 4.78 is 26.7. The lowest BCUT2D eigenvalue weighted by Gasteiger charge is -2.29. The van der Waals surface area contributed by atoms with E-state index in [-0.39, 0.29) is 10.6 Å². The Morgan fingerprint density at radius 3 is 2.95 bits per heavy atom. The number of rotatable bonds is 5. The fourth-order valence-corrected chi connectivity index (χ4v) is 3.51. The zero-order chi connectivity index (χ0) is 14.8. The number of aromatic amines is 1. The molecule has 0 amide bonds. The molecule has 0 saturated carbocycles. The molecular formula is C12H19N3O4S. The van der Waals surface area contributed by atoms with Crippen molar-refractivity contribution < 1.29 is 18.3 Å². The zero-order valence-corrected chi connectivity index (χ0v) is 12.1. The third kappa shape index (κ3) is 3.59. The molecule has 112 valence electrons. The highest BCUT2D eigenvalue weighted by atomic mass is 32.2. The summed E-state index contributed by atoms with van der Waals surface area (Å²) in [7, 11) is -1.63. The van der Waals surface area contributed by atoms with Crippen molar-refractivity contribution in [1.29, 1.82) is 0 Å². The van der Waals surface area contributed by atoms with E-state index in [2.05, 4.69) is 14.6 Å². The summed E-state index contributed by atoms with van der Waals surface area (Å²) in [5.74, 6) is -0.887. The number of hydrogen-bond acceptors (Lipinski definition) is 4. The van der Waals surface area contributed by atoms with Gasteiger partial charge in [0.2, 0.25) is 10.0 Å². The molecule has 1 atom stereocenters. The molecule has 0 bridgehead atoms. The Morgan fingerprint density at radius 2 is 2.35 bits per heavy atom. The highest BCUT2D eigenvalue weighted by molar-refractivity contribution is 7.89. The molecule has 0 aromatic carbocycles. The van der Waals surface area contributed by atoms with Gasteiger partial charge in [0.15, 0.2) is 0 Å². The summed E-state index contributed by atoms with van der Waals surface area (Å²) in [6.07, 6.45) is 3.26. The van der Waals surface area contributed by atoms with Crippen LogP contribution in [0.3, 0.4) is 0 Å². The Labute approximate surface area is 118 Å². The highest BCUT2D eigenvalue weighted by Crippen LogP contribution is 2.16. The number of likely N-dealkylation sites (tertiary alicyclic amines) is 1. The van der Waals surface area contributed by atoms with Gasteiger partial charge in [-0.1, -0.05) is 0 Å². The maximum atomic E-state index is 12.1. The topological polar surface area (TPSA) is 103 Å². The van der Waals surface area contributed by atoms with E-state index in [4.69, 9.17) is 5.11 Å². The molecular weight excluding hydrogens is 282 g/mol. The molecule has 20 heavy (non-hydrogen) atoms. The summed E-state index contributed by atoms with van der Waals surface area (Å²) >= 11 is 0. The van der Waals surface area contributed by atoms with E-state index in [1.807, 2.05) is 7.05 Å². The summed E-state index contributed by atoms with van der Waals surface area (Å²) in [6.45, 7) is 2.29. The molecule has 2 heterocycles. The quantitative estimate of drug-likeness (QED) is 0.727. The highest BCUT2D eigenvalue weighted by Gasteiger charge is 2.22. The third-order valence-corrected chi connectivity index (χ3v) is 4.88.